The molecule has 0 aliphatic rings. The molecule has 0 bridgehead atoms. The smallest absolute Gasteiger partial charge is 0.274 e. The minimum absolute atomic E-state index is 0.273. The topological polar surface area (TPSA) is 66.9 Å². The van der Waals surface area contributed by atoms with E-state index in [-0.39, 0.29) is 11.6 Å². The third kappa shape index (κ3) is 4.08. The van der Waals surface area contributed by atoms with Gasteiger partial charge in [0.25, 0.3) is 5.91 Å². The predicted octanol–water partition coefficient (Wildman–Crippen LogP) is 4.43. The van der Waals surface area contributed by atoms with Crippen molar-refractivity contribution >= 4 is 34.8 Å². The molecule has 0 aliphatic carbocycles. The van der Waals surface area contributed by atoms with Gasteiger partial charge in [0.15, 0.2) is 0 Å². The normalized spacial score (nSPS) is 10.2. The number of aryl methyl sites for hydroxylation is 1. The number of halogens is 1. The maximum absolute atomic E-state index is 12.3. The zero-order chi connectivity index (χ0) is 16.9. The van der Waals surface area contributed by atoms with Gasteiger partial charge in [-0.25, -0.2) is 9.97 Å². The van der Waals surface area contributed by atoms with Crippen molar-refractivity contribution in [3.05, 3.63) is 77.1 Å². The van der Waals surface area contributed by atoms with Crippen LogP contribution in [0.1, 0.15) is 16.1 Å². The lowest BCUT2D eigenvalue weighted by Gasteiger charge is -2.08. The predicted molar refractivity (Wildman–Crippen MR) is 95.9 cm³/mol. The van der Waals surface area contributed by atoms with Crippen LogP contribution in [0.2, 0.25) is 5.02 Å². The Hall–Kier alpha value is -2.92. The first kappa shape index (κ1) is 16.0. The Kier molecular flexibility index (Phi) is 4.72. The van der Waals surface area contributed by atoms with E-state index < -0.39 is 0 Å². The summed E-state index contributed by atoms with van der Waals surface area (Å²) >= 11 is 5.83. The lowest BCUT2D eigenvalue weighted by molar-refractivity contribution is 0.102. The zero-order valence-electron chi connectivity index (χ0n) is 13.0. The molecule has 0 atom stereocenters. The summed E-state index contributed by atoms with van der Waals surface area (Å²) in [4.78, 5) is 20.7. The summed E-state index contributed by atoms with van der Waals surface area (Å²) in [5, 5.41) is 6.46. The summed E-state index contributed by atoms with van der Waals surface area (Å²) in [6, 6.07) is 16.3. The Morgan fingerprint density at radius 1 is 0.958 bits per heavy atom. The summed E-state index contributed by atoms with van der Waals surface area (Å²) in [6.45, 7) is 2.02. The number of hydrogen-bond donors (Lipinski definition) is 2. The van der Waals surface area contributed by atoms with Gasteiger partial charge < -0.3 is 10.6 Å². The van der Waals surface area contributed by atoms with E-state index in [9.17, 15) is 4.79 Å². The minimum atomic E-state index is -0.313. The van der Waals surface area contributed by atoms with Crippen LogP contribution in [0.5, 0.6) is 0 Å². The maximum atomic E-state index is 12.3. The lowest BCUT2D eigenvalue weighted by Crippen LogP contribution is -2.14. The molecule has 0 aliphatic heterocycles. The van der Waals surface area contributed by atoms with E-state index in [4.69, 9.17) is 11.6 Å². The second-order valence-electron chi connectivity index (χ2n) is 5.22. The second-order valence-corrected chi connectivity index (χ2v) is 5.65. The first-order valence-corrected chi connectivity index (χ1v) is 7.71. The van der Waals surface area contributed by atoms with Crippen molar-refractivity contribution in [3.63, 3.8) is 0 Å². The Morgan fingerprint density at radius 2 is 1.62 bits per heavy atom. The number of carbonyl (C=O) groups excluding carboxylic acids is 1. The number of aromatic nitrogens is 2. The molecule has 3 aromatic rings. The Balaban J connectivity index is 1.73. The lowest BCUT2D eigenvalue weighted by atomic mass is 10.2. The third-order valence-corrected chi connectivity index (χ3v) is 3.55. The Bertz CT molecular complexity index is 848. The number of nitrogens with one attached hydrogen (secondary N) is 2. The first-order chi connectivity index (χ1) is 11.6. The second kappa shape index (κ2) is 7.10. The highest BCUT2D eigenvalue weighted by Gasteiger charge is 2.09. The van der Waals surface area contributed by atoms with Crippen LogP contribution in [0.4, 0.5) is 17.3 Å². The number of rotatable bonds is 4. The maximum Gasteiger partial charge on any atom is 0.274 e. The van der Waals surface area contributed by atoms with Crippen LogP contribution >= 0.6 is 11.6 Å². The molecule has 3 rings (SSSR count). The van der Waals surface area contributed by atoms with Crippen molar-refractivity contribution in [3.8, 4) is 0 Å². The van der Waals surface area contributed by atoms with Crippen molar-refractivity contribution in [1.82, 2.24) is 9.97 Å². The van der Waals surface area contributed by atoms with Gasteiger partial charge in [-0.3, -0.25) is 4.79 Å². The van der Waals surface area contributed by atoms with Crippen LogP contribution in [0.3, 0.4) is 0 Å². The van der Waals surface area contributed by atoms with Crippen LogP contribution in [-0.4, -0.2) is 15.9 Å². The molecule has 120 valence electrons. The molecule has 2 aromatic carbocycles. The van der Waals surface area contributed by atoms with Crippen LogP contribution in [0, 0.1) is 6.92 Å². The van der Waals surface area contributed by atoms with E-state index in [2.05, 4.69) is 20.6 Å². The molecule has 0 radical (unpaired) electrons. The molecule has 1 heterocycles. The van der Waals surface area contributed by atoms with Gasteiger partial charge in [-0.2, -0.15) is 0 Å². The summed E-state index contributed by atoms with van der Waals surface area (Å²) < 4.78 is 0. The van der Waals surface area contributed by atoms with Gasteiger partial charge in [-0.15, -0.1) is 0 Å². The van der Waals surface area contributed by atoms with Crippen LogP contribution < -0.4 is 10.6 Å². The van der Waals surface area contributed by atoms with E-state index in [0.717, 1.165) is 11.3 Å². The van der Waals surface area contributed by atoms with Gasteiger partial charge in [0, 0.05) is 22.6 Å². The fourth-order valence-corrected chi connectivity index (χ4v) is 2.17. The standard InChI is InChI=1S/C18H15ClN4O/c1-12-2-6-15(7-3-12)22-18-20-11-10-16(23-18)17(24)21-14-8-4-13(19)5-9-14/h2-11H,1H3,(H,21,24)(H,20,22,23). The van der Waals surface area contributed by atoms with E-state index in [1.165, 1.54) is 0 Å². The molecule has 1 amide bonds. The number of anilines is 3. The third-order valence-electron chi connectivity index (χ3n) is 3.30. The zero-order valence-corrected chi connectivity index (χ0v) is 13.7. The first-order valence-electron chi connectivity index (χ1n) is 7.34. The molecule has 24 heavy (non-hydrogen) atoms. The number of hydrogen-bond acceptors (Lipinski definition) is 4. The summed E-state index contributed by atoms with van der Waals surface area (Å²) in [5.41, 5.74) is 2.94. The highest BCUT2D eigenvalue weighted by Crippen LogP contribution is 2.16. The summed E-state index contributed by atoms with van der Waals surface area (Å²) in [6.07, 6.45) is 1.54. The van der Waals surface area contributed by atoms with Crippen LogP contribution in [-0.2, 0) is 0 Å². The number of nitrogens with zero attached hydrogens (tertiary/aromatic N) is 2. The minimum Gasteiger partial charge on any atom is -0.324 e. The van der Waals surface area contributed by atoms with E-state index >= 15 is 0 Å². The molecule has 1 aromatic heterocycles. The van der Waals surface area contributed by atoms with Crippen molar-refractivity contribution in [2.45, 2.75) is 6.92 Å². The molecule has 0 saturated heterocycles. The molecular formula is C18H15ClN4O. The fourth-order valence-electron chi connectivity index (χ4n) is 2.04. The van der Waals surface area contributed by atoms with Gasteiger partial charge >= 0.3 is 0 Å². The largest absolute Gasteiger partial charge is 0.324 e. The number of carbonyl (C=O) groups is 1. The van der Waals surface area contributed by atoms with Crippen LogP contribution in [0.15, 0.2) is 60.8 Å². The van der Waals surface area contributed by atoms with E-state index in [1.54, 1.807) is 36.5 Å². The summed E-state index contributed by atoms with van der Waals surface area (Å²) in [7, 11) is 0. The highest BCUT2D eigenvalue weighted by molar-refractivity contribution is 6.30. The van der Waals surface area contributed by atoms with Gasteiger partial charge in [0.1, 0.15) is 5.69 Å². The molecule has 0 saturated carbocycles. The van der Waals surface area contributed by atoms with E-state index in [1.807, 2.05) is 31.2 Å². The van der Waals surface area contributed by atoms with Crippen LogP contribution in [0.25, 0.3) is 0 Å². The SMILES string of the molecule is Cc1ccc(Nc2nccc(C(=O)Nc3ccc(Cl)cc3)n2)cc1. The Labute approximate surface area is 144 Å². The molecule has 6 heteroatoms. The molecular weight excluding hydrogens is 324 g/mol. The molecule has 0 unspecified atom stereocenters. The fraction of sp³-hybridized carbons (Fsp3) is 0.0556. The van der Waals surface area contributed by atoms with Crippen molar-refractivity contribution in [2.75, 3.05) is 10.6 Å². The van der Waals surface area contributed by atoms with E-state index in [0.29, 0.717) is 16.7 Å². The summed E-state index contributed by atoms with van der Waals surface area (Å²) in [5.74, 6) is 0.0503. The van der Waals surface area contributed by atoms with Gasteiger partial charge in [-0.1, -0.05) is 29.3 Å². The van der Waals surface area contributed by atoms with Gasteiger partial charge in [0.05, 0.1) is 0 Å². The quantitative estimate of drug-likeness (QED) is 0.738. The average molecular weight is 339 g/mol. The van der Waals surface area contributed by atoms with Crippen molar-refractivity contribution < 1.29 is 4.79 Å². The molecule has 2 N–H and O–H groups in total. The highest BCUT2D eigenvalue weighted by atomic mass is 35.5. The Morgan fingerprint density at radius 3 is 2.33 bits per heavy atom. The van der Waals surface area contributed by atoms with Crippen molar-refractivity contribution in [1.29, 1.82) is 0 Å². The molecule has 0 fully saturated rings. The molecule has 5 nitrogen and oxygen atoms in total. The van der Waals surface area contributed by atoms with Gasteiger partial charge in [0.2, 0.25) is 5.95 Å². The number of amides is 1. The average Bonchev–Trinajstić information content (AvgIpc) is 2.59. The molecule has 0 spiro atoms. The van der Waals surface area contributed by atoms with Gasteiger partial charge in [-0.05, 0) is 49.4 Å². The monoisotopic (exact) mass is 338 g/mol. The number of benzene rings is 2. The van der Waals surface area contributed by atoms with Crippen molar-refractivity contribution in [2.24, 2.45) is 0 Å².